The molecule has 2 aromatic rings. The summed E-state index contributed by atoms with van der Waals surface area (Å²) in [6.07, 6.45) is -1.81. The largest absolute Gasteiger partial charge is 0.433 e. The monoisotopic (exact) mass is 450 g/mol. The fourth-order valence-electron chi connectivity index (χ4n) is 3.96. The van der Waals surface area contributed by atoms with Crippen LogP contribution >= 0.6 is 11.8 Å². The molecular weight excluding hydrogens is 429 g/mol. The number of alkyl halides is 3. The van der Waals surface area contributed by atoms with Gasteiger partial charge in [-0.25, -0.2) is 19.9 Å². The first kappa shape index (κ1) is 21.5. The van der Waals surface area contributed by atoms with Gasteiger partial charge >= 0.3 is 6.18 Å². The average molecular weight is 450 g/mol. The van der Waals surface area contributed by atoms with Crippen LogP contribution in [0.1, 0.15) is 23.6 Å². The van der Waals surface area contributed by atoms with E-state index in [9.17, 15) is 13.2 Å². The van der Waals surface area contributed by atoms with Crippen molar-refractivity contribution in [2.75, 3.05) is 36.0 Å². The summed E-state index contributed by atoms with van der Waals surface area (Å²) in [7, 11) is 0. The molecule has 12 heteroatoms. The molecule has 0 aliphatic carbocycles. The second kappa shape index (κ2) is 8.40. The van der Waals surface area contributed by atoms with Crippen molar-refractivity contribution in [3.63, 3.8) is 0 Å². The molecule has 164 valence electrons. The number of aromatic nitrogens is 4. The van der Waals surface area contributed by atoms with Gasteiger partial charge in [0.05, 0.1) is 11.2 Å². The molecule has 2 saturated heterocycles. The molecule has 0 unspecified atom stereocenters. The molecule has 2 aliphatic rings. The van der Waals surface area contributed by atoms with Crippen molar-refractivity contribution in [3.8, 4) is 0 Å². The van der Waals surface area contributed by atoms with Crippen molar-refractivity contribution in [3.05, 3.63) is 35.5 Å². The van der Waals surface area contributed by atoms with E-state index < -0.39 is 11.9 Å². The fourth-order valence-corrected chi connectivity index (χ4v) is 4.49. The Kier molecular flexibility index (Phi) is 5.82. The van der Waals surface area contributed by atoms with E-state index in [1.807, 2.05) is 11.0 Å². The number of hydrogen-bond donors (Lipinski definition) is 0. The molecule has 2 aromatic heterocycles. The highest BCUT2D eigenvalue weighted by atomic mass is 32.2. The van der Waals surface area contributed by atoms with Crippen molar-refractivity contribution >= 4 is 35.8 Å². The van der Waals surface area contributed by atoms with Crippen LogP contribution < -0.4 is 9.80 Å². The number of thioether (sulfide) groups is 1. The van der Waals surface area contributed by atoms with Gasteiger partial charge in [0.15, 0.2) is 0 Å². The van der Waals surface area contributed by atoms with Crippen molar-refractivity contribution in [2.45, 2.75) is 25.3 Å². The van der Waals surface area contributed by atoms with E-state index in [1.165, 1.54) is 18.7 Å². The van der Waals surface area contributed by atoms with Crippen molar-refractivity contribution < 1.29 is 13.2 Å². The maximum Gasteiger partial charge on any atom is 0.433 e. The minimum atomic E-state index is -4.48. The van der Waals surface area contributed by atoms with E-state index in [2.05, 4.69) is 41.8 Å². The summed E-state index contributed by atoms with van der Waals surface area (Å²) in [6.45, 7) is 7.64. The third kappa shape index (κ3) is 4.78. The molecule has 0 atom stereocenters. The fraction of sp³-hybridized carbons (Fsp3) is 0.474. The minimum absolute atomic E-state index is 0.00759. The van der Waals surface area contributed by atoms with E-state index in [0.29, 0.717) is 30.6 Å². The minimum Gasteiger partial charge on any atom is -0.355 e. The topological polar surface area (TPSA) is 82.8 Å². The predicted octanol–water partition coefficient (Wildman–Crippen LogP) is 3.19. The maximum atomic E-state index is 13.1. The summed E-state index contributed by atoms with van der Waals surface area (Å²) in [5.41, 5.74) is 1.61. The zero-order chi connectivity index (χ0) is 22.1. The van der Waals surface area contributed by atoms with Gasteiger partial charge in [-0.2, -0.15) is 23.4 Å². The molecule has 0 saturated carbocycles. The molecule has 0 radical (unpaired) electrons. The van der Waals surface area contributed by atoms with Gasteiger partial charge in [-0.1, -0.05) is 0 Å². The Hall–Kier alpha value is -2.76. The molecule has 2 aliphatic heterocycles. The van der Waals surface area contributed by atoms with Crippen LogP contribution in [0.4, 0.5) is 24.9 Å². The first-order valence-corrected chi connectivity index (χ1v) is 10.7. The number of halogens is 3. The van der Waals surface area contributed by atoms with Gasteiger partial charge < -0.3 is 9.80 Å². The van der Waals surface area contributed by atoms with Crippen LogP contribution in [0.2, 0.25) is 0 Å². The van der Waals surface area contributed by atoms with E-state index in [0.717, 1.165) is 31.3 Å². The molecule has 1 spiro atoms. The number of hydrogen-bond acceptors (Lipinski definition) is 9. The molecule has 0 amide bonds. The van der Waals surface area contributed by atoms with Crippen LogP contribution in [-0.2, 0) is 11.9 Å². The third-order valence-electron chi connectivity index (χ3n) is 5.35. The molecular formula is C19H21F3N8S. The Bertz CT molecular complexity index is 990. The van der Waals surface area contributed by atoms with Gasteiger partial charge in [0, 0.05) is 56.3 Å². The SMILES string of the molecule is C=N/N=C\SCc1ccnc(N2CCC3(CN(c4cc(C(F)(F)F)nc(C)n4)C3)C2)n1. The average Bonchev–Trinajstić information content (AvgIpc) is 3.15. The lowest BCUT2D eigenvalue weighted by Crippen LogP contribution is -2.58. The predicted molar refractivity (Wildman–Crippen MR) is 115 cm³/mol. The Labute approximate surface area is 181 Å². The van der Waals surface area contributed by atoms with Crippen molar-refractivity contribution in [1.29, 1.82) is 0 Å². The van der Waals surface area contributed by atoms with Gasteiger partial charge in [0.25, 0.3) is 0 Å². The number of aryl methyl sites for hydroxylation is 1. The van der Waals surface area contributed by atoms with Gasteiger partial charge in [0.1, 0.15) is 17.3 Å². The van der Waals surface area contributed by atoms with Crippen LogP contribution in [0.15, 0.2) is 28.5 Å². The van der Waals surface area contributed by atoms with Crippen LogP contribution in [-0.4, -0.2) is 58.4 Å². The van der Waals surface area contributed by atoms with E-state index >= 15 is 0 Å². The Morgan fingerprint density at radius 3 is 2.74 bits per heavy atom. The summed E-state index contributed by atoms with van der Waals surface area (Å²) in [4.78, 5) is 20.8. The second-order valence-corrected chi connectivity index (χ2v) is 8.54. The van der Waals surface area contributed by atoms with Gasteiger partial charge in [-0.3, -0.25) is 0 Å². The normalized spacial score (nSPS) is 18.1. The van der Waals surface area contributed by atoms with Crippen molar-refractivity contribution in [1.82, 2.24) is 19.9 Å². The van der Waals surface area contributed by atoms with Gasteiger partial charge in [0.2, 0.25) is 5.95 Å². The summed E-state index contributed by atoms with van der Waals surface area (Å²) in [5, 5.41) is 7.12. The lowest BCUT2D eigenvalue weighted by atomic mass is 9.79. The molecule has 0 bridgehead atoms. The molecule has 31 heavy (non-hydrogen) atoms. The number of rotatable bonds is 6. The number of anilines is 2. The zero-order valence-corrected chi connectivity index (χ0v) is 17.7. The van der Waals surface area contributed by atoms with Crippen LogP contribution in [0.25, 0.3) is 0 Å². The summed E-state index contributed by atoms with van der Waals surface area (Å²) >= 11 is 1.47. The molecule has 0 N–H and O–H groups in total. The standard InChI is InChI=1S/C19H21F3N8S/c1-13-26-15(19(20,21)22)7-16(27-13)30-10-18(11-30)4-6-29(9-18)17-24-5-3-14(28-17)8-31-12-25-23-2/h3,5,7,12H,2,4,6,8-11H2,1H3/b25-12-. The van der Waals surface area contributed by atoms with E-state index in [1.54, 1.807) is 11.7 Å². The van der Waals surface area contributed by atoms with Gasteiger partial charge in [-0.05, 0) is 19.4 Å². The van der Waals surface area contributed by atoms with Crippen LogP contribution in [0.3, 0.4) is 0 Å². The molecule has 4 rings (SSSR count). The van der Waals surface area contributed by atoms with E-state index in [-0.39, 0.29) is 11.2 Å². The Balaban J connectivity index is 1.39. The first-order chi connectivity index (χ1) is 14.8. The zero-order valence-electron chi connectivity index (χ0n) is 16.9. The second-order valence-electron chi connectivity index (χ2n) is 7.71. The number of nitrogens with zero attached hydrogens (tertiary/aromatic N) is 8. The highest BCUT2D eigenvalue weighted by Crippen LogP contribution is 2.42. The molecule has 2 fully saturated rings. The summed E-state index contributed by atoms with van der Waals surface area (Å²) < 4.78 is 39.2. The Morgan fingerprint density at radius 2 is 2.00 bits per heavy atom. The smallest absolute Gasteiger partial charge is 0.355 e. The maximum absolute atomic E-state index is 13.1. The van der Waals surface area contributed by atoms with Gasteiger partial charge in [-0.15, -0.1) is 11.8 Å². The highest BCUT2D eigenvalue weighted by Gasteiger charge is 2.49. The molecule has 4 heterocycles. The molecule has 8 nitrogen and oxygen atoms in total. The lowest BCUT2D eigenvalue weighted by Gasteiger charge is -2.48. The third-order valence-corrected chi connectivity index (χ3v) is 6.05. The van der Waals surface area contributed by atoms with Crippen LogP contribution in [0.5, 0.6) is 0 Å². The summed E-state index contributed by atoms with van der Waals surface area (Å²) in [5.74, 6) is 1.77. The lowest BCUT2D eigenvalue weighted by molar-refractivity contribution is -0.141. The van der Waals surface area contributed by atoms with Crippen LogP contribution in [0, 0.1) is 12.3 Å². The molecule has 0 aromatic carbocycles. The highest BCUT2D eigenvalue weighted by molar-refractivity contribution is 8.11. The summed E-state index contributed by atoms with van der Waals surface area (Å²) in [6, 6.07) is 2.89. The quantitative estimate of drug-likeness (QED) is 0.380. The van der Waals surface area contributed by atoms with Crippen molar-refractivity contribution in [2.24, 2.45) is 15.6 Å². The van der Waals surface area contributed by atoms with E-state index in [4.69, 9.17) is 0 Å². The first-order valence-electron chi connectivity index (χ1n) is 9.62. The Morgan fingerprint density at radius 1 is 1.23 bits per heavy atom.